The van der Waals surface area contributed by atoms with Crippen LogP contribution in [0.3, 0.4) is 0 Å². The molecule has 108 valence electrons. The molecule has 1 fully saturated rings. The van der Waals surface area contributed by atoms with E-state index in [2.05, 4.69) is 15.4 Å². The Morgan fingerprint density at radius 3 is 3.00 bits per heavy atom. The number of hydrogen-bond acceptors (Lipinski definition) is 4. The third-order valence-electron chi connectivity index (χ3n) is 3.59. The highest BCUT2D eigenvalue weighted by molar-refractivity contribution is 5.42. The van der Waals surface area contributed by atoms with Crippen molar-refractivity contribution in [1.29, 1.82) is 0 Å². The van der Waals surface area contributed by atoms with Crippen molar-refractivity contribution in [3.63, 3.8) is 0 Å². The van der Waals surface area contributed by atoms with Crippen molar-refractivity contribution >= 4 is 11.6 Å². The van der Waals surface area contributed by atoms with Gasteiger partial charge in [0, 0.05) is 6.54 Å². The van der Waals surface area contributed by atoms with Crippen molar-refractivity contribution in [2.24, 2.45) is 0 Å². The van der Waals surface area contributed by atoms with Crippen LogP contribution in [0.15, 0.2) is 18.3 Å². The van der Waals surface area contributed by atoms with Gasteiger partial charge < -0.3 is 10.1 Å². The molecule has 0 bridgehead atoms. The summed E-state index contributed by atoms with van der Waals surface area (Å²) in [5, 5.41) is 7.26. The average molecular weight is 278 g/mol. The van der Waals surface area contributed by atoms with Crippen LogP contribution in [0, 0.1) is 5.82 Å². The molecular formula is C14H19FN4O. The summed E-state index contributed by atoms with van der Waals surface area (Å²) in [5.41, 5.74) is 0.627. The van der Waals surface area contributed by atoms with E-state index < -0.39 is 0 Å². The number of hydrogen-bond donors (Lipinski definition) is 1. The highest BCUT2D eigenvalue weighted by Crippen LogP contribution is 2.19. The van der Waals surface area contributed by atoms with Gasteiger partial charge in [0.05, 0.1) is 18.9 Å². The largest absolute Gasteiger partial charge is 0.376 e. The van der Waals surface area contributed by atoms with Gasteiger partial charge in [-0.3, -0.25) is 0 Å². The summed E-state index contributed by atoms with van der Waals surface area (Å²) in [6.07, 6.45) is 7.95. The maximum absolute atomic E-state index is 13.0. The molecule has 0 saturated heterocycles. The zero-order valence-electron chi connectivity index (χ0n) is 11.4. The van der Waals surface area contributed by atoms with Crippen LogP contribution in [-0.2, 0) is 4.74 Å². The number of rotatable bonds is 5. The van der Waals surface area contributed by atoms with E-state index in [-0.39, 0.29) is 5.82 Å². The minimum Gasteiger partial charge on any atom is -0.376 e. The summed E-state index contributed by atoms with van der Waals surface area (Å²) in [6, 6.07) is 2.98. The van der Waals surface area contributed by atoms with Crippen LogP contribution in [0.2, 0.25) is 0 Å². The SMILES string of the molecule is Fc1ccc2nc(NCCOC3CCCCC3)nn2c1. The predicted octanol–water partition coefficient (Wildman–Crippen LogP) is 2.63. The second-order valence-electron chi connectivity index (χ2n) is 5.14. The van der Waals surface area contributed by atoms with E-state index in [4.69, 9.17) is 4.74 Å². The normalized spacial score (nSPS) is 16.6. The quantitative estimate of drug-likeness (QED) is 0.854. The monoisotopic (exact) mass is 278 g/mol. The first kappa shape index (κ1) is 13.3. The Balaban J connectivity index is 1.47. The molecule has 0 amide bonds. The number of pyridine rings is 1. The Labute approximate surface area is 117 Å². The molecule has 0 unspecified atom stereocenters. The maximum Gasteiger partial charge on any atom is 0.243 e. The van der Waals surface area contributed by atoms with Crippen LogP contribution in [0.25, 0.3) is 5.65 Å². The van der Waals surface area contributed by atoms with Gasteiger partial charge in [0.25, 0.3) is 0 Å². The number of anilines is 1. The van der Waals surface area contributed by atoms with E-state index in [1.165, 1.54) is 48.9 Å². The molecule has 0 aliphatic heterocycles. The first-order valence-electron chi connectivity index (χ1n) is 7.19. The number of nitrogens with one attached hydrogen (secondary N) is 1. The van der Waals surface area contributed by atoms with Gasteiger partial charge in [-0.1, -0.05) is 19.3 Å². The van der Waals surface area contributed by atoms with Gasteiger partial charge >= 0.3 is 0 Å². The summed E-state index contributed by atoms with van der Waals surface area (Å²) >= 11 is 0. The van der Waals surface area contributed by atoms with Crippen LogP contribution in [-0.4, -0.2) is 33.9 Å². The Morgan fingerprint density at radius 1 is 1.30 bits per heavy atom. The minimum absolute atomic E-state index is 0.324. The maximum atomic E-state index is 13.0. The average Bonchev–Trinajstić information content (AvgIpc) is 2.86. The molecule has 0 aromatic carbocycles. The summed E-state index contributed by atoms with van der Waals surface area (Å²) in [4.78, 5) is 4.26. The molecule has 1 aliphatic rings. The number of halogens is 1. The lowest BCUT2D eigenvalue weighted by molar-refractivity contribution is 0.0347. The molecule has 1 aliphatic carbocycles. The number of ether oxygens (including phenoxy) is 1. The van der Waals surface area contributed by atoms with Crippen molar-refractivity contribution < 1.29 is 9.13 Å². The lowest BCUT2D eigenvalue weighted by atomic mass is 9.98. The summed E-state index contributed by atoms with van der Waals surface area (Å²) < 4.78 is 20.3. The van der Waals surface area contributed by atoms with Gasteiger partial charge in [0.2, 0.25) is 5.95 Å². The smallest absolute Gasteiger partial charge is 0.243 e. The fourth-order valence-corrected chi connectivity index (χ4v) is 2.55. The molecular weight excluding hydrogens is 259 g/mol. The number of aromatic nitrogens is 3. The Hall–Kier alpha value is -1.69. The number of nitrogens with zero attached hydrogens (tertiary/aromatic N) is 3. The van der Waals surface area contributed by atoms with Gasteiger partial charge in [0.1, 0.15) is 5.82 Å². The molecule has 20 heavy (non-hydrogen) atoms. The van der Waals surface area contributed by atoms with Crippen molar-refractivity contribution in [3.8, 4) is 0 Å². The van der Waals surface area contributed by atoms with E-state index in [0.717, 1.165) is 0 Å². The van der Waals surface area contributed by atoms with E-state index in [1.54, 1.807) is 6.07 Å². The molecule has 5 nitrogen and oxygen atoms in total. The van der Waals surface area contributed by atoms with E-state index in [9.17, 15) is 4.39 Å². The first-order valence-corrected chi connectivity index (χ1v) is 7.19. The highest BCUT2D eigenvalue weighted by atomic mass is 19.1. The molecule has 3 rings (SSSR count). The zero-order valence-corrected chi connectivity index (χ0v) is 11.4. The molecule has 0 atom stereocenters. The van der Waals surface area contributed by atoms with Crippen LogP contribution >= 0.6 is 0 Å². The summed E-state index contributed by atoms with van der Waals surface area (Å²) in [7, 11) is 0. The Kier molecular flexibility index (Phi) is 4.11. The third-order valence-corrected chi connectivity index (χ3v) is 3.59. The van der Waals surface area contributed by atoms with Gasteiger partial charge in [-0.2, -0.15) is 4.98 Å². The van der Waals surface area contributed by atoms with Gasteiger partial charge in [-0.15, -0.1) is 5.10 Å². The fourth-order valence-electron chi connectivity index (χ4n) is 2.55. The molecule has 2 aromatic rings. The molecule has 2 heterocycles. The fraction of sp³-hybridized carbons (Fsp3) is 0.571. The molecule has 1 saturated carbocycles. The van der Waals surface area contributed by atoms with Crippen LogP contribution in [0.1, 0.15) is 32.1 Å². The lowest BCUT2D eigenvalue weighted by Gasteiger charge is -2.21. The van der Waals surface area contributed by atoms with Crippen molar-refractivity contribution in [2.45, 2.75) is 38.2 Å². The highest BCUT2D eigenvalue weighted by Gasteiger charge is 2.13. The second kappa shape index (κ2) is 6.17. The lowest BCUT2D eigenvalue weighted by Crippen LogP contribution is -2.20. The Morgan fingerprint density at radius 2 is 2.15 bits per heavy atom. The summed E-state index contributed by atoms with van der Waals surface area (Å²) in [5.74, 6) is 0.178. The zero-order chi connectivity index (χ0) is 13.8. The van der Waals surface area contributed by atoms with Gasteiger partial charge in [-0.05, 0) is 25.0 Å². The Bertz CT molecular complexity index is 565. The van der Waals surface area contributed by atoms with Crippen LogP contribution < -0.4 is 5.32 Å². The number of fused-ring (bicyclic) bond motifs is 1. The van der Waals surface area contributed by atoms with E-state index in [1.807, 2.05) is 0 Å². The first-order chi connectivity index (χ1) is 9.81. The topological polar surface area (TPSA) is 51.5 Å². The van der Waals surface area contributed by atoms with Gasteiger partial charge in [-0.25, -0.2) is 8.91 Å². The third kappa shape index (κ3) is 3.25. The standard InChI is InChI=1S/C14H19FN4O/c15-11-6-7-13-17-14(18-19(13)10-11)16-8-9-20-12-4-2-1-3-5-12/h6-7,10,12H,1-5,8-9H2,(H,16,18). The second-order valence-corrected chi connectivity index (χ2v) is 5.14. The van der Waals surface area contributed by atoms with Crippen LogP contribution in [0.5, 0.6) is 0 Å². The molecule has 1 N–H and O–H groups in total. The van der Waals surface area contributed by atoms with Crippen molar-refractivity contribution in [2.75, 3.05) is 18.5 Å². The molecule has 6 heteroatoms. The minimum atomic E-state index is -0.324. The molecule has 2 aromatic heterocycles. The van der Waals surface area contributed by atoms with E-state index >= 15 is 0 Å². The summed E-state index contributed by atoms with van der Waals surface area (Å²) in [6.45, 7) is 1.31. The molecule has 0 radical (unpaired) electrons. The van der Waals surface area contributed by atoms with E-state index in [0.29, 0.717) is 30.9 Å². The molecule has 0 spiro atoms. The predicted molar refractivity (Wildman–Crippen MR) is 74.3 cm³/mol. The van der Waals surface area contributed by atoms with Crippen molar-refractivity contribution in [3.05, 3.63) is 24.1 Å². The van der Waals surface area contributed by atoms with Gasteiger partial charge in [0.15, 0.2) is 5.65 Å². The van der Waals surface area contributed by atoms with Crippen LogP contribution in [0.4, 0.5) is 10.3 Å². The van der Waals surface area contributed by atoms with Crippen molar-refractivity contribution in [1.82, 2.24) is 14.6 Å².